The van der Waals surface area contributed by atoms with Crippen molar-refractivity contribution in [2.75, 3.05) is 0 Å². The smallest absolute Gasteiger partial charge is 0.335 e. The topological polar surface area (TPSA) is 74.6 Å². The summed E-state index contributed by atoms with van der Waals surface area (Å²) in [5.74, 6) is -1.85. The van der Waals surface area contributed by atoms with Crippen LogP contribution in [0.5, 0.6) is 0 Å². The van der Waals surface area contributed by atoms with E-state index >= 15 is 0 Å². The second-order valence-electron chi connectivity index (χ2n) is 1.55. The van der Waals surface area contributed by atoms with E-state index in [-0.39, 0.29) is 5.57 Å². The molecule has 0 aromatic rings. The summed E-state index contributed by atoms with van der Waals surface area (Å²) in [6.07, 6.45) is 1.20. The van der Waals surface area contributed by atoms with E-state index < -0.39 is 11.9 Å². The van der Waals surface area contributed by atoms with Crippen LogP contribution < -0.4 is 0 Å². The average Bonchev–Trinajstić information content (AvgIpc) is 1.85. The van der Waals surface area contributed by atoms with Gasteiger partial charge in [0.15, 0.2) is 0 Å². The molecule has 0 saturated heterocycles. The molecule has 0 atom stereocenters. The van der Waals surface area contributed by atoms with Gasteiger partial charge in [-0.1, -0.05) is 19.2 Å². The Morgan fingerprint density at radius 3 is 1.64 bits per heavy atom. The third-order valence-corrected chi connectivity index (χ3v) is 0.521. The van der Waals surface area contributed by atoms with Crippen molar-refractivity contribution in [3.8, 4) is 0 Å². The summed E-state index contributed by atoms with van der Waals surface area (Å²) in [6, 6.07) is 0. The van der Waals surface area contributed by atoms with Crippen molar-refractivity contribution in [2.24, 2.45) is 0 Å². The Kier molecular flexibility index (Phi) is 7.21. The minimum atomic E-state index is -1.02. The van der Waals surface area contributed by atoms with Crippen LogP contribution in [0.15, 0.2) is 24.8 Å². The molecule has 0 aromatic heterocycles. The fourth-order valence-corrected chi connectivity index (χ4v) is 0.0873. The summed E-state index contributed by atoms with van der Waals surface area (Å²) >= 11 is 0. The highest BCUT2D eigenvalue weighted by Crippen LogP contribution is 1.86. The van der Waals surface area contributed by atoms with Crippen LogP contribution in [0.3, 0.4) is 0 Å². The number of aliphatic carboxylic acids is 2. The fraction of sp³-hybridized carbons (Fsp3) is 0.143. The Labute approximate surface area is 64.5 Å². The number of carbonyl (C=O) groups is 2. The van der Waals surface area contributed by atoms with Crippen molar-refractivity contribution in [1.82, 2.24) is 0 Å². The molecule has 0 bridgehead atoms. The quantitative estimate of drug-likeness (QED) is 0.462. The first-order chi connectivity index (χ1) is 4.91. The molecule has 11 heavy (non-hydrogen) atoms. The Balaban J connectivity index is 0. The van der Waals surface area contributed by atoms with E-state index in [0.29, 0.717) is 0 Å². The summed E-state index contributed by atoms with van der Waals surface area (Å²) in [5.41, 5.74) is 0.0278. The highest BCUT2D eigenvalue weighted by molar-refractivity contribution is 5.88. The molecule has 0 aliphatic rings. The van der Waals surface area contributed by atoms with Gasteiger partial charge in [0.05, 0.1) is 5.57 Å². The van der Waals surface area contributed by atoms with Crippen LogP contribution in [0.4, 0.5) is 0 Å². The SMILES string of the molecule is C=CC(=C)C(=O)O.CC(=O)O. The van der Waals surface area contributed by atoms with Gasteiger partial charge in [-0.2, -0.15) is 0 Å². The standard InChI is InChI=1S/C5H6O2.C2H4O2/c1-3-4(2)5(6)7;1-2(3)4/h3H,1-2H2,(H,6,7);1H3,(H,3,4). The van der Waals surface area contributed by atoms with Gasteiger partial charge in [0.2, 0.25) is 0 Å². The van der Waals surface area contributed by atoms with Gasteiger partial charge in [0, 0.05) is 6.92 Å². The molecule has 0 aromatic carbocycles. The van der Waals surface area contributed by atoms with Crippen molar-refractivity contribution in [1.29, 1.82) is 0 Å². The van der Waals surface area contributed by atoms with Gasteiger partial charge in [0.1, 0.15) is 0 Å². The summed E-state index contributed by atoms with van der Waals surface area (Å²) in [7, 11) is 0. The van der Waals surface area contributed by atoms with Gasteiger partial charge >= 0.3 is 5.97 Å². The Morgan fingerprint density at radius 2 is 1.64 bits per heavy atom. The number of hydrogen-bond donors (Lipinski definition) is 2. The van der Waals surface area contributed by atoms with Crippen molar-refractivity contribution in [2.45, 2.75) is 6.92 Å². The molecule has 0 saturated carbocycles. The minimum Gasteiger partial charge on any atom is -0.481 e. The van der Waals surface area contributed by atoms with E-state index in [4.69, 9.17) is 15.0 Å². The van der Waals surface area contributed by atoms with E-state index in [2.05, 4.69) is 13.2 Å². The van der Waals surface area contributed by atoms with Gasteiger partial charge in [-0.15, -0.1) is 0 Å². The number of carboxylic acids is 2. The Hall–Kier alpha value is -1.58. The maximum atomic E-state index is 9.76. The second-order valence-corrected chi connectivity index (χ2v) is 1.55. The first-order valence-electron chi connectivity index (χ1n) is 2.66. The minimum absolute atomic E-state index is 0.0278. The lowest BCUT2D eigenvalue weighted by atomic mass is 10.3. The monoisotopic (exact) mass is 158 g/mol. The molecule has 0 unspecified atom stereocenters. The maximum Gasteiger partial charge on any atom is 0.335 e. The number of carboxylic acid groups (broad SMARTS) is 2. The van der Waals surface area contributed by atoms with Gasteiger partial charge in [-0.3, -0.25) is 4.79 Å². The van der Waals surface area contributed by atoms with Crippen LogP contribution in [-0.2, 0) is 9.59 Å². The number of hydrogen-bond acceptors (Lipinski definition) is 2. The van der Waals surface area contributed by atoms with Crippen LogP contribution in [0.25, 0.3) is 0 Å². The van der Waals surface area contributed by atoms with Crippen LogP contribution >= 0.6 is 0 Å². The zero-order valence-corrected chi connectivity index (χ0v) is 6.20. The van der Waals surface area contributed by atoms with Crippen LogP contribution in [0.2, 0.25) is 0 Å². The predicted octanol–water partition coefficient (Wildman–Crippen LogP) is 0.904. The third kappa shape index (κ3) is 17.8. The molecule has 0 aliphatic heterocycles. The summed E-state index contributed by atoms with van der Waals surface area (Å²) in [4.78, 5) is 18.8. The van der Waals surface area contributed by atoms with Gasteiger partial charge in [0.25, 0.3) is 5.97 Å². The molecule has 0 heterocycles. The molecular weight excluding hydrogens is 148 g/mol. The van der Waals surface area contributed by atoms with Gasteiger partial charge < -0.3 is 10.2 Å². The molecule has 4 heteroatoms. The normalized spacial score (nSPS) is 7.00. The highest BCUT2D eigenvalue weighted by Gasteiger charge is 1.93. The first kappa shape index (κ1) is 12.1. The van der Waals surface area contributed by atoms with Crippen molar-refractivity contribution < 1.29 is 19.8 Å². The van der Waals surface area contributed by atoms with Gasteiger partial charge in [-0.05, 0) is 0 Å². The van der Waals surface area contributed by atoms with Crippen molar-refractivity contribution in [3.63, 3.8) is 0 Å². The van der Waals surface area contributed by atoms with Crippen LogP contribution in [-0.4, -0.2) is 22.2 Å². The lowest BCUT2D eigenvalue weighted by Crippen LogP contribution is -1.93. The van der Waals surface area contributed by atoms with E-state index in [9.17, 15) is 4.79 Å². The molecule has 0 spiro atoms. The van der Waals surface area contributed by atoms with Crippen LogP contribution in [0.1, 0.15) is 6.92 Å². The lowest BCUT2D eigenvalue weighted by molar-refractivity contribution is -0.134. The lowest BCUT2D eigenvalue weighted by Gasteiger charge is -1.82. The van der Waals surface area contributed by atoms with Gasteiger partial charge in [-0.25, -0.2) is 4.79 Å². The molecule has 62 valence electrons. The largest absolute Gasteiger partial charge is 0.481 e. The molecule has 0 fully saturated rings. The molecule has 0 radical (unpaired) electrons. The molecule has 2 N–H and O–H groups in total. The Bertz CT molecular complexity index is 177. The van der Waals surface area contributed by atoms with E-state index in [1.165, 1.54) is 6.08 Å². The summed E-state index contributed by atoms with van der Waals surface area (Å²) in [6.45, 7) is 7.44. The zero-order chi connectivity index (χ0) is 9.44. The van der Waals surface area contributed by atoms with E-state index in [1.54, 1.807) is 0 Å². The number of rotatable bonds is 2. The second kappa shape index (κ2) is 6.54. The third-order valence-electron chi connectivity index (χ3n) is 0.521. The highest BCUT2D eigenvalue weighted by atomic mass is 16.4. The molecule has 0 aliphatic carbocycles. The first-order valence-corrected chi connectivity index (χ1v) is 2.66. The average molecular weight is 158 g/mol. The zero-order valence-electron chi connectivity index (χ0n) is 6.20. The molecule has 0 rings (SSSR count). The van der Waals surface area contributed by atoms with E-state index in [0.717, 1.165) is 6.92 Å². The fourth-order valence-electron chi connectivity index (χ4n) is 0.0873. The molecule has 4 nitrogen and oxygen atoms in total. The maximum absolute atomic E-state index is 9.76. The predicted molar refractivity (Wildman–Crippen MR) is 40.3 cm³/mol. The van der Waals surface area contributed by atoms with Crippen molar-refractivity contribution >= 4 is 11.9 Å². The van der Waals surface area contributed by atoms with Crippen molar-refractivity contribution in [3.05, 3.63) is 24.8 Å². The van der Waals surface area contributed by atoms with Crippen LogP contribution in [0, 0.1) is 0 Å². The molecular formula is C7H10O4. The summed E-state index contributed by atoms with van der Waals surface area (Å²) < 4.78 is 0. The Morgan fingerprint density at radius 1 is 1.36 bits per heavy atom. The molecule has 0 amide bonds. The summed E-state index contributed by atoms with van der Waals surface area (Å²) in [5, 5.41) is 15.4. The van der Waals surface area contributed by atoms with E-state index in [1.807, 2.05) is 0 Å².